The fraction of sp³-hybridized carbons (Fsp3) is 0.292. The lowest BCUT2D eigenvalue weighted by molar-refractivity contribution is -0.119. The molecule has 0 aliphatic heterocycles. The van der Waals surface area contributed by atoms with E-state index in [1.54, 1.807) is 0 Å². The average molecular weight is 376 g/mol. The first kappa shape index (κ1) is 19.7. The summed E-state index contributed by atoms with van der Waals surface area (Å²) in [6.45, 7) is 8.28. The first-order valence-corrected chi connectivity index (χ1v) is 9.95. The van der Waals surface area contributed by atoms with Crippen LogP contribution in [-0.4, -0.2) is 23.6 Å². The van der Waals surface area contributed by atoms with E-state index in [1.807, 2.05) is 60.3 Å². The minimum Gasteiger partial charge on any atom is -0.372 e. The first-order chi connectivity index (χ1) is 13.6. The largest absolute Gasteiger partial charge is 0.372 e. The van der Waals surface area contributed by atoms with Crippen LogP contribution in [0.5, 0.6) is 0 Å². The van der Waals surface area contributed by atoms with Crippen molar-refractivity contribution in [3.63, 3.8) is 0 Å². The summed E-state index contributed by atoms with van der Waals surface area (Å²) in [5, 5.41) is 3.14. The third-order valence-electron chi connectivity index (χ3n) is 5.16. The van der Waals surface area contributed by atoms with Crippen LogP contribution in [0.3, 0.4) is 0 Å². The van der Waals surface area contributed by atoms with Gasteiger partial charge in [0.05, 0.1) is 0 Å². The number of carbonyl (C=O) groups excluding carboxylic acids is 1. The maximum Gasteiger partial charge on any atom is 0.247 e. The van der Waals surface area contributed by atoms with Crippen LogP contribution in [0.25, 0.3) is 0 Å². The van der Waals surface area contributed by atoms with Gasteiger partial charge in [-0.15, -0.1) is 0 Å². The zero-order chi connectivity index (χ0) is 19.9. The van der Waals surface area contributed by atoms with Gasteiger partial charge >= 0.3 is 0 Å². The highest BCUT2D eigenvalue weighted by molar-refractivity contribution is 5.94. The molecule has 2 aromatic carbocycles. The number of carbonyl (C=O) groups is 1. The summed E-state index contributed by atoms with van der Waals surface area (Å²) in [6, 6.07) is 20.0. The van der Waals surface area contributed by atoms with E-state index in [0.29, 0.717) is 6.42 Å². The van der Waals surface area contributed by atoms with Gasteiger partial charge in [0, 0.05) is 43.3 Å². The average Bonchev–Trinajstić information content (AvgIpc) is 3.24. The molecule has 0 aliphatic carbocycles. The van der Waals surface area contributed by atoms with E-state index in [9.17, 15) is 4.79 Å². The third kappa shape index (κ3) is 4.63. The molecule has 0 aliphatic rings. The smallest absolute Gasteiger partial charge is 0.247 e. The van der Waals surface area contributed by atoms with Gasteiger partial charge in [-0.25, -0.2) is 0 Å². The molecule has 28 heavy (non-hydrogen) atoms. The molecule has 0 saturated carbocycles. The molecular weight excluding hydrogens is 346 g/mol. The molecule has 1 amide bonds. The number of nitrogens with one attached hydrogen (secondary N) is 1. The Hall–Kier alpha value is -3.01. The number of hydrogen-bond acceptors (Lipinski definition) is 2. The molecule has 1 atom stereocenters. The van der Waals surface area contributed by atoms with Gasteiger partial charge in [-0.1, -0.05) is 30.3 Å². The SMILES string of the molecule is CCN(CC)c1ccc(NC(=O)[C@@H](Cc2ccccc2)n2cccc2)c(C)c1. The maximum absolute atomic E-state index is 13.2. The van der Waals surface area contributed by atoms with Crippen LogP contribution in [0.1, 0.15) is 31.0 Å². The van der Waals surface area contributed by atoms with Crippen LogP contribution < -0.4 is 10.2 Å². The second-order valence-corrected chi connectivity index (χ2v) is 7.00. The van der Waals surface area contributed by atoms with Crippen LogP contribution in [0, 0.1) is 6.92 Å². The molecule has 0 spiro atoms. The summed E-state index contributed by atoms with van der Waals surface area (Å²) < 4.78 is 1.97. The summed E-state index contributed by atoms with van der Waals surface area (Å²) in [5.74, 6) is -0.00116. The zero-order valence-corrected chi connectivity index (χ0v) is 16.9. The highest BCUT2D eigenvalue weighted by Gasteiger charge is 2.21. The number of anilines is 2. The van der Waals surface area contributed by atoms with Crippen LogP contribution >= 0.6 is 0 Å². The Labute approximate surface area is 167 Å². The fourth-order valence-corrected chi connectivity index (χ4v) is 3.52. The number of hydrogen-bond donors (Lipinski definition) is 1. The highest BCUT2D eigenvalue weighted by Crippen LogP contribution is 2.24. The summed E-state index contributed by atoms with van der Waals surface area (Å²) in [7, 11) is 0. The number of aromatic nitrogens is 1. The van der Waals surface area contributed by atoms with Crippen LogP contribution in [0.15, 0.2) is 73.1 Å². The first-order valence-electron chi connectivity index (χ1n) is 9.95. The van der Waals surface area contributed by atoms with Crippen molar-refractivity contribution in [1.29, 1.82) is 0 Å². The quantitative estimate of drug-likeness (QED) is 0.597. The predicted octanol–water partition coefficient (Wildman–Crippen LogP) is 5.07. The molecule has 0 saturated heterocycles. The second-order valence-electron chi connectivity index (χ2n) is 7.00. The van der Waals surface area contributed by atoms with Gasteiger partial charge < -0.3 is 14.8 Å². The zero-order valence-electron chi connectivity index (χ0n) is 16.9. The van der Waals surface area contributed by atoms with Crippen molar-refractivity contribution in [2.45, 2.75) is 33.2 Å². The van der Waals surface area contributed by atoms with E-state index >= 15 is 0 Å². The van der Waals surface area contributed by atoms with Gasteiger partial charge in [0.1, 0.15) is 6.04 Å². The van der Waals surface area contributed by atoms with Gasteiger partial charge in [0.2, 0.25) is 5.91 Å². The van der Waals surface area contributed by atoms with E-state index in [-0.39, 0.29) is 11.9 Å². The number of rotatable bonds is 8. The second kappa shape index (κ2) is 9.27. The Bertz CT molecular complexity index is 883. The number of aryl methyl sites for hydroxylation is 1. The lowest BCUT2D eigenvalue weighted by Crippen LogP contribution is -2.27. The molecule has 0 fully saturated rings. The Balaban J connectivity index is 1.80. The lowest BCUT2D eigenvalue weighted by Gasteiger charge is -2.23. The fourth-order valence-electron chi connectivity index (χ4n) is 3.52. The number of nitrogens with zero attached hydrogens (tertiary/aromatic N) is 2. The van der Waals surface area contributed by atoms with Crippen molar-refractivity contribution in [2.75, 3.05) is 23.3 Å². The molecule has 146 valence electrons. The van der Waals surface area contributed by atoms with E-state index in [1.165, 1.54) is 5.69 Å². The van der Waals surface area contributed by atoms with Crippen molar-refractivity contribution < 1.29 is 4.79 Å². The number of amides is 1. The molecule has 1 N–H and O–H groups in total. The predicted molar refractivity (Wildman–Crippen MR) is 117 cm³/mol. The summed E-state index contributed by atoms with van der Waals surface area (Å²) in [6.07, 6.45) is 4.55. The van der Waals surface area contributed by atoms with Gasteiger partial charge in [-0.2, -0.15) is 0 Å². The van der Waals surface area contributed by atoms with Crippen molar-refractivity contribution in [3.8, 4) is 0 Å². The Morgan fingerprint density at radius 3 is 2.29 bits per heavy atom. The van der Waals surface area contributed by atoms with Gasteiger partial charge in [0.15, 0.2) is 0 Å². The van der Waals surface area contributed by atoms with Gasteiger partial charge in [0.25, 0.3) is 0 Å². The Morgan fingerprint density at radius 1 is 1.00 bits per heavy atom. The van der Waals surface area contributed by atoms with Crippen LogP contribution in [0.2, 0.25) is 0 Å². The Kier molecular flexibility index (Phi) is 6.53. The van der Waals surface area contributed by atoms with Crippen LogP contribution in [0.4, 0.5) is 11.4 Å². The monoisotopic (exact) mass is 375 g/mol. The molecule has 0 radical (unpaired) electrons. The van der Waals surface area contributed by atoms with Gasteiger partial charge in [-0.3, -0.25) is 4.79 Å². The van der Waals surface area contributed by atoms with Crippen molar-refractivity contribution in [2.24, 2.45) is 0 Å². The normalized spacial score (nSPS) is 11.8. The Morgan fingerprint density at radius 2 is 1.68 bits per heavy atom. The van der Waals surface area contributed by atoms with Crippen LogP contribution in [-0.2, 0) is 11.2 Å². The summed E-state index contributed by atoms with van der Waals surface area (Å²) in [4.78, 5) is 15.5. The maximum atomic E-state index is 13.2. The molecule has 1 heterocycles. The third-order valence-corrected chi connectivity index (χ3v) is 5.16. The van der Waals surface area contributed by atoms with Gasteiger partial charge in [-0.05, 0) is 62.2 Å². The van der Waals surface area contributed by atoms with E-state index < -0.39 is 0 Å². The van der Waals surface area contributed by atoms with E-state index in [4.69, 9.17) is 0 Å². The summed E-state index contributed by atoms with van der Waals surface area (Å²) in [5.41, 5.74) is 4.27. The van der Waals surface area contributed by atoms with Crippen molar-refractivity contribution >= 4 is 17.3 Å². The highest BCUT2D eigenvalue weighted by atomic mass is 16.2. The standard InChI is InChI=1S/C24H29N3O/c1-4-26(5-2)21-13-14-22(19(3)17-21)25-24(28)23(27-15-9-10-16-27)18-20-11-7-6-8-12-20/h6-17,23H,4-5,18H2,1-3H3,(H,25,28)/t23-/m1/s1. The van der Waals surface area contributed by atoms with Crippen molar-refractivity contribution in [3.05, 3.63) is 84.2 Å². The van der Waals surface area contributed by atoms with E-state index in [2.05, 4.69) is 48.3 Å². The molecular formula is C24H29N3O. The molecule has 1 aromatic heterocycles. The van der Waals surface area contributed by atoms with Crippen molar-refractivity contribution in [1.82, 2.24) is 4.57 Å². The molecule has 0 unspecified atom stereocenters. The molecule has 4 nitrogen and oxygen atoms in total. The lowest BCUT2D eigenvalue weighted by atomic mass is 10.0. The molecule has 3 rings (SSSR count). The summed E-state index contributed by atoms with van der Waals surface area (Å²) >= 11 is 0. The minimum absolute atomic E-state index is 0.00116. The molecule has 3 aromatic rings. The molecule has 4 heteroatoms. The van der Waals surface area contributed by atoms with E-state index in [0.717, 1.165) is 29.9 Å². The minimum atomic E-state index is -0.292. The number of benzene rings is 2. The molecule has 0 bridgehead atoms. The topological polar surface area (TPSA) is 37.3 Å².